The summed E-state index contributed by atoms with van der Waals surface area (Å²) in [6.07, 6.45) is 5.41. The Morgan fingerprint density at radius 3 is 2.00 bits per heavy atom. The van der Waals surface area contributed by atoms with Crippen molar-refractivity contribution >= 4 is 14.3 Å². The fourth-order valence-corrected chi connectivity index (χ4v) is 7.52. The van der Waals surface area contributed by atoms with Crippen molar-refractivity contribution in [1.29, 1.82) is 0 Å². The van der Waals surface area contributed by atoms with Gasteiger partial charge in [0.1, 0.15) is 18.5 Å². The zero-order valence-electron chi connectivity index (χ0n) is 28.7. The lowest BCUT2D eigenvalue weighted by molar-refractivity contribution is -0.142. The summed E-state index contributed by atoms with van der Waals surface area (Å²) in [4.78, 5) is 11.4. The summed E-state index contributed by atoms with van der Waals surface area (Å²) in [6, 6.07) is 13.8. The maximum absolute atomic E-state index is 11.4. The Morgan fingerprint density at radius 1 is 0.929 bits per heavy atom. The van der Waals surface area contributed by atoms with Gasteiger partial charge in [0.05, 0.1) is 6.10 Å². The summed E-state index contributed by atoms with van der Waals surface area (Å²) >= 11 is 0. The summed E-state index contributed by atoms with van der Waals surface area (Å²) in [5.41, 5.74) is 6.64. The van der Waals surface area contributed by atoms with Crippen molar-refractivity contribution in [2.45, 2.75) is 144 Å². The van der Waals surface area contributed by atoms with E-state index in [-0.39, 0.29) is 34.0 Å². The Bertz CT molecular complexity index is 1210. The van der Waals surface area contributed by atoms with E-state index in [0.29, 0.717) is 13.0 Å². The topological polar surface area (TPSA) is 44.8 Å². The van der Waals surface area contributed by atoms with Crippen molar-refractivity contribution in [3.8, 4) is 5.75 Å². The smallest absolute Gasteiger partial charge is 0.306 e. The monoisotopic (exact) mass is 594 g/mol. The summed E-state index contributed by atoms with van der Waals surface area (Å²) in [6.45, 7) is 28.1. The maximum atomic E-state index is 11.4. The highest BCUT2D eigenvalue weighted by atomic mass is 28.4. The molecule has 0 bridgehead atoms. The average Bonchev–Trinajstić information content (AvgIpc) is 3.31. The van der Waals surface area contributed by atoms with Crippen molar-refractivity contribution < 1.29 is 18.7 Å². The van der Waals surface area contributed by atoms with Crippen molar-refractivity contribution in [2.24, 2.45) is 5.41 Å². The van der Waals surface area contributed by atoms with Gasteiger partial charge in [-0.25, -0.2) is 0 Å². The van der Waals surface area contributed by atoms with E-state index in [1.807, 2.05) is 0 Å². The van der Waals surface area contributed by atoms with Crippen LogP contribution in [-0.2, 0) is 25.8 Å². The number of ether oxygens (including phenoxy) is 2. The molecule has 1 saturated heterocycles. The molecule has 42 heavy (non-hydrogen) atoms. The summed E-state index contributed by atoms with van der Waals surface area (Å²) in [7, 11) is -1.86. The molecule has 2 aromatic carbocycles. The summed E-state index contributed by atoms with van der Waals surface area (Å²) < 4.78 is 18.4. The first-order chi connectivity index (χ1) is 19.4. The van der Waals surface area contributed by atoms with Gasteiger partial charge in [-0.05, 0) is 103 Å². The summed E-state index contributed by atoms with van der Waals surface area (Å²) in [5.74, 6) is 0.740. The van der Waals surface area contributed by atoms with E-state index >= 15 is 0 Å². The molecule has 0 amide bonds. The van der Waals surface area contributed by atoms with Crippen LogP contribution in [-0.4, -0.2) is 33.1 Å². The third-order valence-corrected chi connectivity index (χ3v) is 14.6. The molecule has 1 fully saturated rings. The van der Waals surface area contributed by atoms with Gasteiger partial charge in [0.2, 0.25) is 0 Å². The molecule has 2 aromatic rings. The van der Waals surface area contributed by atoms with Crippen LogP contribution in [0.1, 0.15) is 115 Å². The predicted octanol–water partition coefficient (Wildman–Crippen LogP) is 9.86. The molecule has 1 aliphatic rings. The van der Waals surface area contributed by atoms with Gasteiger partial charge in [-0.3, -0.25) is 4.79 Å². The lowest BCUT2D eigenvalue weighted by Crippen LogP contribution is -2.47. The number of aryl methyl sites for hydroxylation is 3. The second-order valence-corrected chi connectivity index (χ2v) is 19.9. The molecule has 4 nitrogen and oxygen atoms in total. The van der Waals surface area contributed by atoms with Crippen molar-refractivity contribution in [1.82, 2.24) is 0 Å². The van der Waals surface area contributed by atoms with Crippen LogP contribution >= 0.6 is 0 Å². The Morgan fingerprint density at radius 2 is 1.52 bits per heavy atom. The normalized spacial score (nSPS) is 17.3. The predicted molar refractivity (Wildman–Crippen MR) is 178 cm³/mol. The van der Waals surface area contributed by atoms with Gasteiger partial charge in [-0.1, -0.05) is 85.7 Å². The minimum Gasteiger partial charge on any atom is -0.489 e. The number of carbonyl (C=O) groups is 1. The SMILES string of the molecule is CCC(CC)(c1ccc(CC[C@H](O[Si](C)(C)C(C)(C)C)C(C)(C)C)c(C)c1)c1ccc(OCC2CCC(=O)O2)c(C)c1. The van der Waals surface area contributed by atoms with Gasteiger partial charge in [-0.2, -0.15) is 0 Å². The second-order valence-electron chi connectivity index (χ2n) is 15.1. The zero-order valence-corrected chi connectivity index (χ0v) is 29.7. The molecule has 1 aliphatic heterocycles. The molecule has 0 radical (unpaired) electrons. The molecule has 0 N–H and O–H groups in total. The summed E-state index contributed by atoms with van der Waals surface area (Å²) in [5, 5.41) is 0.200. The molecule has 234 valence electrons. The molecule has 2 atom stereocenters. The van der Waals surface area contributed by atoms with Crippen LogP contribution in [0.2, 0.25) is 18.1 Å². The van der Waals surface area contributed by atoms with Gasteiger partial charge in [-0.15, -0.1) is 0 Å². The maximum Gasteiger partial charge on any atom is 0.306 e. The fraction of sp³-hybridized carbons (Fsp3) is 0.649. The quantitative estimate of drug-likeness (QED) is 0.181. The molecule has 3 rings (SSSR count). The van der Waals surface area contributed by atoms with Crippen LogP contribution in [0, 0.1) is 19.3 Å². The lowest BCUT2D eigenvalue weighted by atomic mass is 9.69. The first kappa shape index (κ1) is 34.4. The number of esters is 1. The lowest BCUT2D eigenvalue weighted by Gasteiger charge is -2.43. The fourth-order valence-electron chi connectivity index (χ4n) is 5.99. The minimum atomic E-state index is -1.86. The van der Waals surface area contributed by atoms with Crippen molar-refractivity contribution in [2.75, 3.05) is 6.61 Å². The highest BCUT2D eigenvalue weighted by molar-refractivity contribution is 6.74. The molecule has 1 unspecified atom stereocenters. The second kappa shape index (κ2) is 13.3. The largest absolute Gasteiger partial charge is 0.489 e. The average molecular weight is 595 g/mol. The van der Waals surface area contributed by atoms with E-state index in [9.17, 15) is 4.79 Å². The van der Waals surface area contributed by atoms with E-state index in [1.54, 1.807) is 0 Å². The van der Waals surface area contributed by atoms with Gasteiger partial charge < -0.3 is 13.9 Å². The molecule has 0 saturated carbocycles. The van der Waals surface area contributed by atoms with E-state index in [2.05, 4.69) is 119 Å². The van der Waals surface area contributed by atoms with Crippen molar-refractivity contribution in [3.05, 3.63) is 64.2 Å². The Balaban J connectivity index is 1.80. The Kier molecular flexibility index (Phi) is 10.9. The number of cyclic esters (lactones) is 1. The number of carbonyl (C=O) groups excluding carboxylic acids is 1. The number of benzene rings is 2. The molecule has 0 aromatic heterocycles. The van der Waals surface area contributed by atoms with Crippen LogP contribution < -0.4 is 4.74 Å². The van der Waals surface area contributed by atoms with E-state index in [4.69, 9.17) is 13.9 Å². The van der Waals surface area contributed by atoms with E-state index < -0.39 is 8.32 Å². The highest BCUT2D eigenvalue weighted by Gasteiger charge is 2.41. The van der Waals surface area contributed by atoms with Crippen LogP contribution in [0.4, 0.5) is 0 Å². The molecule has 1 heterocycles. The number of hydrogen-bond donors (Lipinski definition) is 0. The molecule has 0 aliphatic carbocycles. The van der Waals surface area contributed by atoms with Crippen LogP contribution in [0.5, 0.6) is 5.75 Å². The molecule has 0 spiro atoms. The first-order valence-corrected chi connectivity index (χ1v) is 19.1. The zero-order chi connectivity index (χ0) is 31.5. The highest BCUT2D eigenvalue weighted by Crippen LogP contribution is 2.42. The van der Waals surface area contributed by atoms with E-state index in [1.165, 1.54) is 22.3 Å². The van der Waals surface area contributed by atoms with Crippen molar-refractivity contribution in [3.63, 3.8) is 0 Å². The molecular formula is C37H58O4Si. The van der Waals surface area contributed by atoms with Gasteiger partial charge in [0, 0.05) is 11.8 Å². The van der Waals surface area contributed by atoms with Gasteiger partial charge in [0.15, 0.2) is 8.32 Å². The standard InChI is InChI=1S/C37H58O4Si/c1-13-37(14-2,30-18-20-32(27(4)24-30)39-25-31-19-22-34(38)40-31)29-17-15-28(26(3)23-29)16-21-33(35(5,6)7)41-42(11,12)36(8,9)10/h15,17-18,20,23-24,31,33H,13-14,16,19,21-22,25H2,1-12H3/t31?,33-/m0/s1. The molecular weight excluding hydrogens is 536 g/mol. The third-order valence-electron chi connectivity index (χ3n) is 10.1. The first-order valence-electron chi connectivity index (χ1n) is 16.1. The Labute approximate surface area is 258 Å². The Hall–Kier alpha value is -2.11. The number of hydrogen-bond acceptors (Lipinski definition) is 4. The minimum absolute atomic E-state index is 0.0625. The van der Waals surface area contributed by atoms with Gasteiger partial charge in [0.25, 0.3) is 0 Å². The van der Waals surface area contributed by atoms with Crippen LogP contribution in [0.25, 0.3) is 0 Å². The molecule has 5 heteroatoms. The van der Waals surface area contributed by atoms with Crippen LogP contribution in [0.3, 0.4) is 0 Å². The van der Waals surface area contributed by atoms with Crippen LogP contribution in [0.15, 0.2) is 36.4 Å². The van der Waals surface area contributed by atoms with Gasteiger partial charge >= 0.3 is 5.97 Å². The third kappa shape index (κ3) is 7.88. The number of rotatable bonds is 12. The van der Waals surface area contributed by atoms with E-state index in [0.717, 1.165) is 43.4 Å².